The normalized spacial score (nSPS) is 19.3. The molecule has 2 N–H and O–H groups in total. The first-order valence-electron chi connectivity index (χ1n) is 9.68. The van der Waals surface area contributed by atoms with Crippen LogP contribution in [0.4, 0.5) is 0 Å². The molecule has 1 aromatic rings. The lowest BCUT2D eigenvalue weighted by atomic mass is 10.2. The molecule has 0 aliphatic carbocycles. The first-order valence-corrected chi connectivity index (χ1v) is 11.3. The summed E-state index contributed by atoms with van der Waals surface area (Å²) in [6.07, 6.45) is 2.37. The van der Waals surface area contributed by atoms with E-state index in [1.165, 1.54) is 12.0 Å². The Hall–Kier alpha value is -1.60. The van der Waals surface area contributed by atoms with Crippen LogP contribution in [0.25, 0.3) is 0 Å². The molecule has 0 amide bonds. The minimum Gasteiger partial charge on any atom is -0.355 e. The Kier molecular flexibility index (Phi) is 7.68. The van der Waals surface area contributed by atoms with Crippen molar-refractivity contribution in [1.82, 2.24) is 15.5 Å². The van der Waals surface area contributed by atoms with Gasteiger partial charge in [-0.15, -0.1) is 0 Å². The van der Waals surface area contributed by atoms with Crippen LogP contribution in [0.1, 0.15) is 39.2 Å². The van der Waals surface area contributed by atoms with E-state index >= 15 is 0 Å². The second-order valence-electron chi connectivity index (χ2n) is 8.06. The van der Waals surface area contributed by atoms with E-state index in [1.807, 2.05) is 6.07 Å². The largest absolute Gasteiger partial charge is 0.355 e. The molecule has 152 valence electrons. The maximum atomic E-state index is 12.2. The minimum atomic E-state index is -3.13. The van der Waals surface area contributed by atoms with E-state index in [1.54, 1.807) is 27.8 Å². The molecule has 0 saturated carbocycles. The van der Waals surface area contributed by atoms with Gasteiger partial charge in [-0.05, 0) is 45.7 Å². The molecule has 1 aromatic carbocycles. The van der Waals surface area contributed by atoms with Crippen molar-refractivity contribution < 1.29 is 8.42 Å². The van der Waals surface area contributed by atoms with Gasteiger partial charge in [0, 0.05) is 32.7 Å². The molecular formula is C20H34N4O2S. The zero-order valence-corrected chi connectivity index (χ0v) is 17.8. The second kappa shape index (κ2) is 9.55. The summed E-state index contributed by atoms with van der Waals surface area (Å²) in [6, 6.07) is 11.0. The highest BCUT2D eigenvalue weighted by atomic mass is 32.2. The quantitative estimate of drug-likeness (QED) is 0.547. The van der Waals surface area contributed by atoms with Gasteiger partial charge in [0.05, 0.1) is 10.5 Å². The van der Waals surface area contributed by atoms with Gasteiger partial charge in [-0.2, -0.15) is 0 Å². The van der Waals surface area contributed by atoms with Crippen molar-refractivity contribution in [3.8, 4) is 0 Å². The van der Waals surface area contributed by atoms with Gasteiger partial charge in [0.2, 0.25) is 0 Å². The number of rotatable bonds is 7. The lowest BCUT2D eigenvalue weighted by molar-refractivity contribution is 0.245. The molecule has 1 aliphatic heterocycles. The van der Waals surface area contributed by atoms with Crippen molar-refractivity contribution in [2.45, 2.75) is 50.9 Å². The number of likely N-dealkylation sites (tertiary alicyclic amines) is 1. The fourth-order valence-corrected chi connectivity index (χ4v) is 4.18. The third-order valence-corrected chi connectivity index (χ3v) is 7.66. The second-order valence-corrected chi connectivity index (χ2v) is 10.9. The Labute approximate surface area is 164 Å². The van der Waals surface area contributed by atoms with Gasteiger partial charge in [-0.25, -0.2) is 8.42 Å². The van der Waals surface area contributed by atoms with Gasteiger partial charge in [-0.3, -0.25) is 9.89 Å². The van der Waals surface area contributed by atoms with Gasteiger partial charge in [0.25, 0.3) is 0 Å². The predicted molar refractivity (Wildman–Crippen MR) is 113 cm³/mol. The molecule has 0 aromatic heterocycles. The predicted octanol–water partition coefficient (Wildman–Crippen LogP) is 2.03. The summed E-state index contributed by atoms with van der Waals surface area (Å²) >= 11 is 0. The summed E-state index contributed by atoms with van der Waals surface area (Å²) in [6.45, 7) is 8.43. The van der Waals surface area contributed by atoms with Crippen molar-refractivity contribution in [3.05, 3.63) is 35.9 Å². The summed E-state index contributed by atoms with van der Waals surface area (Å²) in [5.74, 6) is 0.756. The zero-order valence-electron chi connectivity index (χ0n) is 17.0. The summed E-state index contributed by atoms with van der Waals surface area (Å²) < 4.78 is 23.7. The van der Waals surface area contributed by atoms with Crippen molar-refractivity contribution >= 4 is 15.8 Å². The molecule has 1 saturated heterocycles. The Morgan fingerprint density at radius 3 is 2.56 bits per heavy atom. The van der Waals surface area contributed by atoms with Crippen molar-refractivity contribution in [2.24, 2.45) is 4.99 Å². The minimum absolute atomic E-state index is 0.0980. The smallest absolute Gasteiger partial charge is 0.191 e. The van der Waals surface area contributed by atoms with E-state index in [9.17, 15) is 8.42 Å². The molecule has 2 rings (SSSR count). The standard InChI is InChI=1S/C20H34N4O2S/c1-20(2,3)27(25,26)14-12-22-19(21-4)23-15-18-11-8-13-24(18)16-17-9-6-5-7-10-17/h5-7,9-10,18H,8,11-16H2,1-4H3,(H2,21,22,23). The molecule has 0 spiro atoms. The molecule has 1 heterocycles. The highest BCUT2D eigenvalue weighted by molar-refractivity contribution is 7.92. The first kappa shape index (κ1) is 21.7. The number of nitrogens with zero attached hydrogens (tertiary/aromatic N) is 2. The SMILES string of the molecule is CN=C(NCCS(=O)(=O)C(C)(C)C)NCC1CCCN1Cc1ccccc1. The summed E-state index contributed by atoms with van der Waals surface area (Å²) in [4.78, 5) is 6.72. The highest BCUT2D eigenvalue weighted by Crippen LogP contribution is 2.19. The van der Waals surface area contributed by atoms with Crippen LogP contribution in [0.3, 0.4) is 0 Å². The summed E-state index contributed by atoms with van der Waals surface area (Å²) in [7, 11) is -1.42. The number of benzene rings is 1. The number of aliphatic imine (C=N–C) groups is 1. The molecule has 0 radical (unpaired) electrons. The van der Waals surface area contributed by atoms with E-state index in [0.29, 0.717) is 18.5 Å². The van der Waals surface area contributed by atoms with Gasteiger partial charge in [0.15, 0.2) is 15.8 Å². The molecule has 1 fully saturated rings. The monoisotopic (exact) mass is 394 g/mol. The average Bonchev–Trinajstić information content (AvgIpc) is 3.04. The van der Waals surface area contributed by atoms with Crippen LogP contribution in [-0.2, 0) is 16.4 Å². The maximum Gasteiger partial charge on any atom is 0.191 e. The van der Waals surface area contributed by atoms with Gasteiger partial charge in [0.1, 0.15) is 0 Å². The van der Waals surface area contributed by atoms with E-state index in [4.69, 9.17) is 0 Å². The number of guanidine groups is 1. The first-order chi connectivity index (χ1) is 12.7. The maximum absolute atomic E-state index is 12.2. The van der Waals surface area contributed by atoms with Crippen LogP contribution in [0, 0.1) is 0 Å². The fraction of sp³-hybridized carbons (Fsp3) is 0.650. The van der Waals surface area contributed by atoms with Gasteiger partial charge in [-0.1, -0.05) is 30.3 Å². The fourth-order valence-electron chi connectivity index (χ4n) is 3.20. The van der Waals surface area contributed by atoms with E-state index in [0.717, 1.165) is 26.1 Å². The van der Waals surface area contributed by atoms with Crippen LogP contribution >= 0.6 is 0 Å². The van der Waals surface area contributed by atoms with E-state index in [-0.39, 0.29) is 5.75 Å². The number of hydrogen-bond acceptors (Lipinski definition) is 4. The van der Waals surface area contributed by atoms with E-state index in [2.05, 4.69) is 44.8 Å². The molecule has 1 aliphatic rings. The molecule has 1 atom stereocenters. The highest BCUT2D eigenvalue weighted by Gasteiger charge is 2.28. The third kappa shape index (κ3) is 6.50. The van der Waals surface area contributed by atoms with Gasteiger partial charge >= 0.3 is 0 Å². The van der Waals surface area contributed by atoms with Crippen LogP contribution in [0.2, 0.25) is 0 Å². The van der Waals surface area contributed by atoms with Crippen molar-refractivity contribution in [2.75, 3.05) is 32.4 Å². The van der Waals surface area contributed by atoms with Crippen molar-refractivity contribution in [1.29, 1.82) is 0 Å². The Balaban J connectivity index is 1.79. The number of sulfone groups is 1. The van der Waals surface area contributed by atoms with Crippen molar-refractivity contribution in [3.63, 3.8) is 0 Å². The zero-order chi connectivity index (χ0) is 19.9. The molecule has 6 nitrogen and oxygen atoms in total. The van der Waals surface area contributed by atoms with E-state index < -0.39 is 14.6 Å². The van der Waals surface area contributed by atoms with Crippen LogP contribution in [0.15, 0.2) is 35.3 Å². The van der Waals surface area contributed by atoms with Crippen LogP contribution in [-0.4, -0.2) is 62.5 Å². The molecule has 1 unspecified atom stereocenters. The molecular weight excluding hydrogens is 360 g/mol. The Morgan fingerprint density at radius 1 is 1.22 bits per heavy atom. The Bertz CT molecular complexity index is 711. The van der Waals surface area contributed by atoms with Crippen LogP contribution in [0.5, 0.6) is 0 Å². The topological polar surface area (TPSA) is 73.8 Å². The lowest BCUT2D eigenvalue weighted by Crippen LogP contribution is -2.46. The number of nitrogens with one attached hydrogen (secondary N) is 2. The third-order valence-electron chi connectivity index (χ3n) is 5.05. The molecule has 7 heteroatoms. The molecule has 27 heavy (non-hydrogen) atoms. The van der Waals surface area contributed by atoms with Crippen LogP contribution < -0.4 is 10.6 Å². The average molecular weight is 395 g/mol. The van der Waals surface area contributed by atoms with Gasteiger partial charge < -0.3 is 10.6 Å². The summed E-state index contributed by atoms with van der Waals surface area (Å²) in [5.41, 5.74) is 1.33. The molecule has 0 bridgehead atoms. The lowest BCUT2D eigenvalue weighted by Gasteiger charge is -2.25. The summed E-state index contributed by atoms with van der Waals surface area (Å²) in [5, 5.41) is 6.48. The Morgan fingerprint density at radius 2 is 1.93 bits per heavy atom. The number of hydrogen-bond donors (Lipinski definition) is 2.